The molecule has 0 bridgehead atoms. The number of aliphatic hydroxyl groups is 1. The molecular weight excluding hydrogens is 275 g/mol. The van der Waals surface area contributed by atoms with Gasteiger partial charge < -0.3 is 19.7 Å². The van der Waals surface area contributed by atoms with Crippen LogP contribution < -0.4 is 39.4 Å². The molecule has 1 aromatic carbocycles. The summed E-state index contributed by atoms with van der Waals surface area (Å²) < 4.78 is 35.7. The minimum Gasteiger partial charge on any atom is -0.545 e. The van der Waals surface area contributed by atoms with Gasteiger partial charge in [0.25, 0.3) is 10.1 Å². The second kappa shape index (κ2) is 7.07. The van der Waals surface area contributed by atoms with Gasteiger partial charge in [-0.15, -0.1) is 0 Å². The van der Waals surface area contributed by atoms with Crippen molar-refractivity contribution < 1.29 is 62.3 Å². The number of carbonyl (C=O) groups is 1. The molecule has 0 radical (unpaired) electrons. The van der Waals surface area contributed by atoms with Crippen LogP contribution in [-0.2, 0) is 10.1 Å². The Hall–Kier alpha value is -0.640. The van der Waals surface area contributed by atoms with Crippen LogP contribution in [0.5, 0.6) is 5.75 Å². The molecule has 0 saturated heterocycles. The molecule has 0 unspecified atom stereocenters. The predicted molar refractivity (Wildman–Crippen MR) is 53.2 cm³/mol. The maximum absolute atomic E-state index is 11.0. The zero-order valence-electron chi connectivity index (χ0n) is 9.49. The van der Waals surface area contributed by atoms with Crippen LogP contribution in [0.15, 0.2) is 23.1 Å². The number of carboxylic acid groups (broad SMARTS) is 1. The Morgan fingerprint density at radius 2 is 2.00 bits per heavy atom. The van der Waals surface area contributed by atoms with Gasteiger partial charge in [0, 0.05) is 0 Å². The maximum Gasteiger partial charge on any atom is 1.00 e. The molecule has 1 rings (SSSR count). The fourth-order valence-corrected chi connectivity index (χ4v) is 1.77. The first-order valence-electron chi connectivity index (χ1n) is 4.43. The van der Waals surface area contributed by atoms with Gasteiger partial charge in [0.05, 0.1) is 12.6 Å². The van der Waals surface area contributed by atoms with E-state index in [1.54, 1.807) is 0 Å². The normalized spacial score (nSPS) is 10.6. The van der Waals surface area contributed by atoms with Crippen LogP contribution in [0.1, 0.15) is 10.4 Å². The Morgan fingerprint density at radius 3 is 2.44 bits per heavy atom. The van der Waals surface area contributed by atoms with Crippen LogP contribution in [0, 0.1) is 0 Å². The van der Waals surface area contributed by atoms with Crippen molar-refractivity contribution in [2.24, 2.45) is 0 Å². The molecule has 0 atom stereocenters. The van der Waals surface area contributed by atoms with E-state index < -0.39 is 26.5 Å². The molecule has 1 aromatic rings. The van der Waals surface area contributed by atoms with Crippen LogP contribution in [0.4, 0.5) is 0 Å². The fourth-order valence-electron chi connectivity index (χ4n) is 1.11. The molecule has 0 aliphatic rings. The Bertz CT molecular complexity index is 526. The number of aromatic carboxylic acids is 1. The summed E-state index contributed by atoms with van der Waals surface area (Å²) in [6.45, 7) is -0.541. The van der Waals surface area contributed by atoms with Crippen molar-refractivity contribution in [2.45, 2.75) is 4.90 Å². The zero-order chi connectivity index (χ0) is 13.1. The second-order valence-corrected chi connectivity index (χ2v) is 4.39. The Morgan fingerprint density at radius 1 is 1.39 bits per heavy atom. The van der Waals surface area contributed by atoms with Gasteiger partial charge >= 0.3 is 29.6 Å². The van der Waals surface area contributed by atoms with Gasteiger partial charge in [0.1, 0.15) is 17.3 Å². The van der Waals surface area contributed by atoms with E-state index in [1.165, 1.54) is 0 Å². The molecule has 94 valence electrons. The smallest absolute Gasteiger partial charge is 0.545 e. The van der Waals surface area contributed by atoms with Gasteiger partial charge in [0.15, 0.2) is 0 Å². The minimum absolute atomic E-state index is 0. The molecule has 7 nitrogen and oxygen atoms in total. The van der Waals surface area contributed by atoms with Gasteiger partial charge in [-0.25, -0.2) is 0 Å². The standard InChI is InChI=1S/C9H10O7S.Na/c10-3-4-16-7-2-1-6(9(11)12)5-8(7)17(13,14)15;/h1-2,5,10H,3-4H2,(H,11,12)(H,13,14,15);/q;+1/p-1. The molecule has 18 heavy (non-hydrogen) atoms. The maximum atomic E-state index is 11.0. The quantitative estimate of drug-likeness (QED) is 0.414. The number of rotatable bonds is 5. The minimum atomic E-state index is -4.62. The Labute approximate surface area is 125 Å². The average molecular weight is 284 g/mol. The van der Waals surface area contributed by atoms with Crippen LogP contribution in [0.2, 0.25) is 0 Å². The van der Waals surface area contributed by atoms with E-state index in [1.807, 2.05) is 0 Å². The van der Waals surface area contributed by atoms with Gasteiger partial charge in [-0.1, -0.05) is 0 Å². The van der Waals surface area contributed by atoms with E-state index in [2.05, 4.69) is 0 Å². The number of hydrogen-bond acceptors (Lipinski definition) is 6. The Balaban J connectivity index is 0.00000289. The summed E-state index contributed by atoms with van der Waals surface area (Å²) in [7, 11) is -4.62. The van der Waals surface area contributed by atoms with Crippen molar-refractivity contribution in [2.75, 3.05) is 13.2 Å². The number of carbonyl (C=O) groups excluding carboxylic acids is 1. The molecule has 0 amide bonds. The molecule has 9 heteroatoms. The van der Waals surface area contributed by atoms with Gasteiger partial charge in [-0.2, -0.15) is 8.42 Å². The first kappa shape index (κ1) is 17.4. The largest absolute Gasteiger partial charge is 1.00 e. The van der Waals surface area contributed by atoms with Crippen molar-refractivity contribution in [3.05, 3.63) is 23.8 Å². The molecule has 2 N–H and O–H groups in total. The summed E-state index contributed by atoms with van der Waals surface area (Å²) in [5.41, 5.74) is -0.408. The summed E-state index contributed by atoms with van der Waals surface area (Å²) in [4.78, 5) is 9.85. The van der Waals surface area contributed by atoms with E-state index in [4.69, 9.17) is 14.4 Å². The number of benzene rings is 1. The summed E-state index contributed by atoms with van der Waals surface area (Å²) in [5.74, 6) is -1.82. The molecule has 0 spiro atoms. The average Bonchev–Trinajstić information content (AvgIpc) is 2.24. The third-order valence-electron chi connectivity index (χ3n) is 1.81. The van der Waals surface area contributed by atoms with E-state index in [9.17, 15) is 18.3 Å². The molecule has 0 aromatic heterocycles. The van der Waals surface area contributed by atoms with Crippen molar-refractivity contribution >= 4 is 16.1 Å². The number of ether oxygens (including phenoxy) is 1. The molecular formula is C9H9NaO7S. The van der Waals surface area contributed by atoms with E-state index in [0.29, 0.717) is 0 Å². The molecule has 0 aliphatic heterocycles. The second-order valence-electron chi connectivity index (χ2n) is 3.00. The summed E-state index contributed by atoms with van der Waals surface area (Å²) in [6, 6.07) is 2.85. The first-order valence-corrected chi connectivity index (χ1v) is 5.87. The van der Waals surface area contributed by atoms with Gasteiger partial charge in [-0.05, 0) is 23.8 Å². The number of carboxylic acids is 1. The molecule has 0 heterocycles. The van der Waals surface area contributed by atoms with Crippen LogP contribution in [0.3, 0.4) is 0 Å². The van der Waals surface area contributed by atoms with E-state index in [-0.39, 0.29) is 48.5 Å². The van der Waals surface area contributed by atoms with Crippen molar-refractivity contribution in [1.82, 2.24) is 0 Å². The predicted octanol–water partition coefficient (Wildman–Crippen LogP) is -4.33. The Kier molecular flexibility index (Phi) is 6.82. The summed E-state index contributed by atoms with van der Waals surface area (Å²) in [6.07, 6.45) is 0. The third kappa shape index (κ3) is 4.56. The van der Waals surface area contributed by atoms with Crippen LogP contribution >= 0.6 is 0 Å². The summed E-state index contributed by atoms with van der Waals surface area (Å²) in [5, 5.41) is 19.1. The van der Waals surface area contributed by atoms with Crippen LogP contribution in [-0.4, -0.2) is 37.3 Å². The molecule has 0 aliphatic carbocycles. The number of hydrogen-bond donors (Lipinski definition) is 2. The van der Waals surface area contributed by atoms with E-state index >= 15 is 0 Å². The topological polar surface area (TPSA) is 124 Å². The zero-order valence-corrected chi connectivity index (χ0v) is 12.3. The van der Waals surface area contributed by atoms with Crippen molar-refractivity contribution in [1.29, 1.82) is 0 Å². The van der Waals surface area contributed by atoms with Crippen LogP contribution in [0.25, 0.3) is 0 Å². The molecule has 0 fully saturated rings. The van der Waals surface area contributed by atoms with E-state index in [0.717, 1.165) is 18.2 Å². The van der Waals surface area contributed by atoms with Gasteiger partial charge in [0.2, 0.25) is 0 Å². The van der Waals surface area contributed by atoms with Crippen molar-refractivity contribution in [3.8, 4) is 5.75 Å². The third-order valence-corrected chi connectivity index (χ3v) is 2.68. The first-order chi connectivity index (χ1) is 7.86. The monoisotopic (exact) mass is 284 g/mol. The van der Waals surface area contributed by atoms with Crippen molar-refractivity contribution in [3.63, 3.8) is 0 Å². The molecule has 0 saturated carbocycles. The van der Waals surface area contributed by atoms with Gasteiger partial charge in [-0.3, -0.25) is 4.55 Å². The fraction of sp³-hybridized carbons (Fsp3) is 0.222. The SMILES string of the molecule is O=C([O-])c1ccc(OCCO)c(S(=O)(=O)O)c1.[Na+]. The summed E-state index contributed by atoms with van der Waals surface area (Å²) >= 11 is 0. The number of aliphatic hydroxyl groups excluding tert-OH is 1.